The van der Waals surface area contributed by atoms with Gasteiger partial charge in [-0.25, -0.2) is 0 Å². The summed E-state index contributed by atoms with van der Waals surface area (Å²) in [5.41, 5.74) is 0.933. The molecule has 116 valence electrons. The van der Waals surface area contributed by atoms with E-state index < -0.39 is 8.07 Å². The molecular weight excluding hydrogens is 282 g/mol. The molecule has 1 heterocycles. The number of methoxy groups -OCH3 is 2. The molecule has 1 aliphatic rings. The summed E-state index contributed by atoms with van der Waals surface area (Å²) in [6, 6.07) is 9.50. The van der Waals surface area contributed by atoms with E-state index in [1.807, 2.05) is 18.2 Å². The van der Waals surface area contributed by atoms with Crippen LogP contribution in [-0.4, -0.2) is 33.2 Å². The topological polar surface area (TPSA) is 51.0 Å². The molecule has 0 saturated carbocycles. The molecule has 4 nitrogen and oxygen atoms in total. The zero-order chi connectivity index (χ0) is 15.3. The Labute approximate surface area is 127 Å². The highest BCUT2D eigenvalue weighted by atomic mass is 28.3. The standard InChI is InChI=1S/C16H25NO3Si/c1-4-10-21(11-8-13(17-18)9-12-21)16-14(19-2)6-5-7-15(16)20-3/h5-7,18H,4,8-12H2,1-3H3. The molecule has 0 bridgehead atoms. The zero-order valence-corrected chi connectivity index (χ0v) is 14.2. The van der Waals surface area contributed by atoms with Gasteiger partial charge in [-0.1, -0.05) is 30.6 Å². The van der Waals surface area contributed by atoms with Gasteiger partial charge in [-0.3, -0.25) is 0 Å². The lowest BCUT2D eigenvalue weighted by atomic mass is 10.2. The normalized spacial score (nSPS) is 22.0. The van der Waals surface area contributed by atoms with Gasteiger partial charge in [0.15, 0.2) is 0 Å². The van der Waals surface area contributed by atoms with Crippen molar-refractivity contribution in [1.29, 1.82) is 0 Å². The summed E-state index contributed by atoms with van der Waals surface area (Å²) in [6.45, 7) is 2.24. The fourth-order valence-corrected chi connectivity index (χ4v) is 9.00. The first-order valence-electron chi connectivity index (χ1n) is 7.62. The molecule has 2 rings (SSSR count). The average Bonchev–Trinajstić information content (AvgIpc) is 2.55. The van der Waals surface area contributed by atoms with E-state index in [1.54, 1.807) is 14.2 Å². The average molecular weight is 307 g/mol. The maximum atomic E-state index is 9.02. The van der Waals surface area contributed by atoms with Crippen molar-refractivity contribution in [3.05, 3.63) is 18.2 Å². The lowest BCUT2D eigenvalue weighted by Gasteiger charge is -2.37. The third-order valence-corrected chi connectivity index (χ3v) is 10.0. The third-order valence-electron chi connectivity index (χ3n) is 4.61. The Morgan fingerprint density at radius 1 is 1.14 bits per heavy atom. The van der Waals surface area contributed by atoms with Crippen molar-refractivity contribution in [3.8, 4) is 11.5 Å². The van der Waals surface area contributed by atoms with Gasteiger partial charge in [0.1, 0.15) is 11.5 Å². The van der Waals surface area contributed by atoms with Gasteiger partial charge in [0, 0.05) is 5.19 Å². The molecule has 0 aromatic heterocycles. The summed E-state index contributed by atoms with van der Waals surface area (Å²) >= 11 is 0. The summed E-state index contributed by atoms with van der Waals surface area (Å²) in [4.78, 5) is 0. The van der Waals surface area contributed by atoms with Gasteiger partial charge >= 0.3 is 0 Å². The summed E-state index contributed by atoms with van der Waals surface area (Å²) < 4.78 is 11.3. The number of hydrogen-bond donors (Lipinski definition) is 1. The van der Waals surface area contributed by atoms with Crippen LogP contribution >= 0.6 is 0 Å². The fourth-order valence-electron chi connectivity index (χ4n) is 3.59. The van der Waals surface area contributed by atoms with Crippen LogP contribution in [0.5, 0.6) is 11.5 Å². The van der Waals surface area contributed by atoms with Gasteiger partial charge in [-0.05, 0) is 37.1 Å². The fraction of sp³-hybridized carbons (Fsp3) is 0.562. The van der Waals surface area contributed by atoms with Gasteiger partial charge in [0.05, 0.1) is 28.0 Å². The lowest BCUT2D eigenvalue weighted by Crippen LogP contribution is -2.51. The minimum Gasteiger partial charge on any atom is -0.497 e. The smallest absolute Gasteiger partial charge is 0.121 e. The van der Waals surface area contributed by atoms with Crippen LogP contribution in [0.2, 0.25) is 18.1 Å². The number of benzene rings is 1. The molecule has 21 heavy (non-hydrogen) atoms. The highest BCUT2D eigenvalue weighted by Gasteiger charge is 2.41. The molecule has 1 saturated heterocycles. The minimum absolute atomic E-state index is 0.893. The lowest BCUT2D eigenvalue weighted by molar-refractivity contribution is 0.316. The van der Waals surface area contributed by atoms with E-state index in [9.17, 15) is 0 Å². The Kier molecular flexibility index (Phi) is 5.28. The van der Waals surface area contributed by atoms with Crippen molar-refractivity contribution < 1.29 is 14.7 Å². The van der Waals surface area contributed by atoms with Crippen molar-refractivity contribution in [2.45, 2.75) is 44.3 Å². The van der Waals surface area contributed by atoms with Gasteiger partial charge in [-0.2, -0.15) is 0 Å². The second-order valence-electron chi connectivity index (χ2n) is 5.73. The van der Waals surface area contributed by atoms with Crippen LogP contribution in [0.25, 0.3) is 0 Å². The number of ether oxygens (including phenoxy) is 2. The molecule has 0 unspecified atom stereocenters. The first-order chi connectivity index (χ1) is 10.2. The molecule has 0 amide bonds. The van der Waals surface area contributed by atoms with E-state index in [0.29, 0.717) is 0 Å². The molecule has 0 spiro atoms. The summed E-state index contributed by atoms with van der Waals surface area (Å²) in [7, 11) is 1.77. The van der Waals surface area contributed by atoms with Crippen molar-refractivity contribution in [1.82, 2.24) is 0 Å². The summed E-state index contributed by atoms with van der Waals surface area (Å²) in [6.07, 6.45) is 2.95. The SMILES string of the molecule is CCC[Si]1(c2c(OC)cccc2OC)CCC(=NO)CC1. The van der Waals surface area contributed by atoms with E-state index in [-0.39, 0.29) is 0 Å². The van der Waals surface area contributed by atoms with Crippen molar-refractivity contribution in [3.63, 3.8) is 0 Å². The number of nitrogens with zero attached hydrogens (tertiary/aromatic N) is 1. The van der Waals surface area contributed by atoms with Crippen LogP contribution in [-0.2, 0) is 0 Å². The highest BCUT2D eigenvalue weighted by Crippen LogP contribution is 2.36. The molecule has 1 aliphatic heterocycles. The van der Waals surface area contributed by atoms with Gasteiger partial charge in [0.2, 0.25) is 0 Å². The van der Waals surface area contributed by atoms with Gasteiger partial charge in [-0.15, -0.1) is 0 Å². The molecule has 0 aliphatic carbocycles. The van der Waals surface area contributed by atoms with E-state index >= 15 is 0 Å². The van der Waals surface area contributed by atoms with Crippen LogP contribution in [0.1, 0.15) is 26.2 Å². The molecule has 1 N–H and O–H groups in total. The van der Waals surface area contributed by atoms with Gasteiger partial charge < -0.3 is 14.7 Å². The summed E-state index contributed by atoms with van der Waals surface area (Å²) in [5.74, 6) is 1.91. The quantitative estimate of drug-likeness (QED) is 0.515. The Bertz CT molecular complexity index is 484. The molecule has 1 fully saturated rings. The number of rotatable bonds is 5. The number of oxime groups is 1. The Balaban J connectivity index is 2.48. The molecule has 5 heteroatoms. The van der Waals surface area contributed by atoms with Crippen LogP contribution < -0.4 is 14.7 Å². The maximum Gasteiger partial charge on any atom is 0.121 e. The van der Waals surface area contributed by atoms with Crippen molar-refractivity contribution in [2.75, 3.05) is 14.2 Å². The van der Waals surface area contributed by atoms with Crippen molar-refractivity contribution in [2.24, 2.45) is 5.16 Å². The van der Waals surface area contributed by atoms with Crippen LogP contribution in [0, 0.1) is 0 Å². The second-order valence-corrected chi connectivity index (χ2v) is 10.3. The first-order valence-corrected chi connectivity index (χ1v) is 10.2. The van der Waals surface area contributed by atoms with E-state index in [4.69, 9.17) is 14.7 Å². The summed E-state index contributed by atoms with van der Waals surface area (Å²) in [5, 5.41) is 13.8. The molecule has 0 atom stereocenters. The predicted molar refractivity (Wildman–Crippen MR) is 88.1 cm³/mol. The molecule has 1 aromatic carbocycles. The minimum atomic E-state index is -1.69. The molecule has 1 aromatic rings. The third kappa shape index (κ3) is 3.07. The van der Waals surface area contributed by atoms with Crippen LogP contribution in [0.4, 0.5) is 0 Å². The van der Waals surface area contributed by atoms with Crippen molar-refractivity contribution >= 4 is 19.0 Å². The first kappa shape index (κ1) is 15.9. The molecule has 0 radical (unpaired) electrons. The maximum absolute atomic E-state index is 9.02. The van der Waals surface area contributed by atoms with Crippen LogP contribution in [0.15, 0.2) is 23.4 Å². The number of hydrogen-bond acceptors (Lipinski definition) is 4. The van der Waals surface area contributed by atoms with E-state index in [1.165, 1.54) is 17.7 Å². The van der Waals surface area contributed by atoms with Gasteiger partial charge in [0.25, 0.3) is 0 Å². The molecular formula is C16H25NO3Si. The van der Waals surface area contributed by atoms with E-state index in [2.05, 4.69) is 12.1 Å². The largest absolute Gasteiger partial charge is 0.497 e. The Morgan fingerprint density at radius 2 is 1.71 bits per heavy atom. The van der Waals surface area contributed by atoms with E-state index in [0.717, 1.165) is 42.1 Å². The Morgan fingerprint density at radius 3 is 2.14 bits per heavy atom. The zero-order valence-electron chi connectivity index (χ0n) is 13.2. The Hall–Kier alpha value is -1.49. The predicted octanol–water partition coefficient (Wildman–Crippen LogP) is 3.39. The second kappa shape index (κ2) is 6.98. The van der Waals surface area contributed by atoms with Crippen LogP contribution in [0.3, 0.4) is 0 Å². The highest BCUT2D eigenvalue weighted by molar-refractivity contribution is 6.93. The monoisotopic (exact) mass is 307 g/mol.